The van der Waals surface area contributed by atoms with E-state index >= 15 is 0 Å². The van der Waals surface area contributed by atoms with Gasteiger partial charge in [0.2, 0.25) is 5.76 Å². The van der Waals surface area contributed by atoms with Gasteiger partial charge in [-0.2, -0.15) is 0 Å². The van der Waals surface area contributed by atoms with Crippen LogP contribution in [-0.4, -0.2) is 27.5 Å². The second-order valence-corrected chi connectivity index (χ2v) is 9.11. The predicted molar refractivity (Wildman–Crippen MR) is 127 cm³/mol. The summed E-state index contributed by atoms with van der Waals surface area (Å²) in [6.45, 7) is 4.31. The van der Waals surface area contributed by atoms with E-state index < -0.39 is 12.1 Å². The zero-order valence-corrected chi connectivity index (χ0v) is 19.3. The minimum atomic E-state index is -1.27. The van der Waals surface area contributed by atoms with Crippen molar-refractivity contribution in [2.45, 2.75) is 87.9 Å². The van der Waals surface area contributed by atoms with Crippen LogP contribution >= 0.6 is 11.8 Å². The lowest BCUT2D eigenvalue weighted by molar-refractivity contribution is 0.0663. The SMILES string of the molecule is CCCCCCCC=C[C@@H](Sc1ccc2c(=O)cc(C(=O)O)oc2c1)[C@@H](O)CCCC. The molecule has 31 heavy (non-hydrogen) atoms. The average Bonchev–Trinajstić information content (AvgIpc) is 2.75. The van der Waals surface area contributed by atoms with Crippen molar-refractivity contribution >= 4 is 28.7 Å². The van der Waals surface area contributed by atoms with Gasteiger partial charge in [-0.3, -0.25) is 4.79 Å². The van der Waals surface area contributed by atoms with Gasteiger partial charge < -0.3 is 14.6 Å². The second kappa shape index (κ2) is 13.4. The van der Waals surface area contributed by atoms with Gasteiger partial charge in [0.25, 0.3) is 0 Å². The molecule has 2 aromatic rings. The Morgan fingerprint density at radius 1 is 1.10 bits per heavy atom. The topological polar surface area (TPSA) is 87.7 Å². The van der Waals surface area contributed by atoms with Crippen LogP contribution in [0.5, 0.6) is 0 Å². The van der Waals surface area contributed by atoms with E-state index in [0.29, 0.717) is 5.39 Å². The summed E-state index contributed by atoms with van der Waals surface area (Å²) in [7, 11) is 0. The number of aliphatic hydroxyl groups excluding tert-OH is 1. The molecule has 0 spiro atoms. The van der Waals surface area contributed by atoms with E-state index in [-0.39, 0.29) is 22.0 Å². The number of benzene rings is 1. The molecule has 1 heterocycles. The highest BCUT2D eigenvalue weighted by molar-refractivity contribution is 8.00. The minimum absolute atomic E-state index is 0.117. The van der Waals surface area contributed by atoms with Crippen molar-refractivity contribution < 1.29 is 19.4 Å². The van der Waals surface area contributed by atoms with Gasteiger partial charge in [-0.05, 0) is 37.5 Å². The molecule has 2 N–H and O–H groups in total. The molecule has 0 radical (unpaired) electrons. The lowest BCUT2D eigenvalue weighted by Crippen LogP contribution is -2.21. The third kappa shape index (κ3) is 8.19. The normalized spacial score (nSPS) is 13.6. The first kappa shape index (κ1) is 25.2. The molecule has 170 valence electrons. The molecule has 6 heteroatoms. The number of fused-ring (bicyclic) bond motifs is 1. The molecule has 0 saturated carbocycles. The van der Waals surface area contributed by atoms with Crippen LogP contribution in [0.2, 0.25) is 0 Å². The first-order valence-corrected chi connectivity index (χ1v) is 12.2. The molecule has 1 aromatic carbocycles. The van der Waals surface area contributed by atoms with Crippen LogP contribution in [0.15, 0.2) is 50.5 Å². The molecule has 0 amide bonds. The maximum Gasteiger partial charge on any atom is 0.371 e. The molecule has 0 aliphatic rings. The standard InChI is InChI=1S/C25H34O5S/c1-3-5-7-8-9-10-11-13-24(20(26)12-6-4-2)31-18-14-15-19-21(27)17-23(25(28)29)30-22(19)16-18/h11,13-17,20,24,26H,3-10,12H2,1-2H3,(H,28,29)/t20-,24+/m0/s1. The second-order valence-electron chi connectivity index (χ2n) is 7.86. The summed E-state index contributed by atoms with van der Waals surface area (Å²) in [6.07, 6.45) is 13.6. The molecule has 5 nitrogen and oxygen atoms in total. The summed E-state index contributed by atoms with van der Waals surface area (Å²) in [5.74, 6) is -1.64. The summed E-state index contributed by atoms with van der Waals surface area (Å²) < 4.78 is 5.40. The number of aromatic carboxylic acids is 1. The highest BCUT2D eigenvalue weighted by Crippen LogP contribution is 2.30. The monoisotopic (exact) mass is 446 g/mol. The molecule has 0 saturated heterocycles. The van der Waals surface area contributed by atoms with Crippen molar-refractivity contribution in [3.8, 4) is 0 Å². The van der Waals surface area contributed by atoms with Gasteiger partial charge in [-0.1, -0.05) is 64.5 Å². The van der Waals surface area contributed by atoms with Gasteiger partial charge >= 0.3 is 5.97 Å². The maximum atomic E-state index is 12.2. The number of hydrogen-bond donors (Lipinski definition) is 2. The number of rotatable bonds is 14. The van der Waals surface area contributed by atoms with Crippen molar-refractivity contribution in [3.05, 3.63) is 52.4 Å². The predicted octanol–water partition coefficient (Wildman–Crippen LogP) is 6.42. The molecule has 2 rings (SSSR count). The Morgan fingerprint density at radius 3 is 2.55 bits per heavy atom. The van der Waals surface area contributed by atoms with Gasteiger partial charge in [-0.15, -0.1) is 11.8 Å². The van der Waals surface area contributed by atoms with Crippen LogP contribution in [-0.2, 0) is 0 Å². The maximum absolute atomic E-state index is 12.2. The third-order valence-corrected chi connectivity index (χ3v) is 6.49. The van der Waals surface area contributed by atoms with Crippen LogP contribution in [0.4, 0.5) is 0 Å². The number of carboxylic acids is 1. The molecular weight excluding hydrogens is 412 g/mol. The average molecular weight is 447 g/mol. The van der Waals surface area contributed by atoms with Gasteiger partial charge in [0.15, 0.2) is 5.43 Å². The van der Waals surface area contributed by atoms with Gasteiger partial charge in [0, 0.05) is 11.0 Å². The van der Waals surface area contributed by atoms with Crippen LogP contribution in [0, 0.1) is 0 Å². The number of hydrogen-bond acceptors (Lipinski definition) is 5. The van der Waals surface area contributed by atoms with Gasteiger partial charge in [-0.25, -0.2) is 4.79 Å². The first-order valence-electron chi connectivity index (χ1n) is 11.3. The lowest BCUT2D eigenvalue weighted by atomic mass is 10.1. The number of unbranched alkanes of at least 4 members (excludes halogenated alkanes) is 6. The molecule has 0 aliphatic carbocycles. The Balaban J connectivity index is 2.15. The number of thioether (sulfide) groups is 1. The van der Waals surface area contributed by atoms with E-state index in [2.05, 4.69) is 26.0 Å². The Kier molecular flexibility index (Phi) is 10.9. The quantitative estimate of drug-likeness (QED) is 0.198. The molecule has 0 bridgehead atoms. The zero-order chi connectivity index (χ0) is 22.6. The van der Waals surface area contributed by atoms with E-state index in [1.165, 1.54) is 37.4 Å². The van der Waals surface area contributed by atoms with E-state index in [0.717, 1.165) is 43.1 Å². The fourth-order valence-electron chi connectivity index (χ4n) is 3.39. The van der Waals surface area contributed by atoms with Crippen molar-refractivity contribution in [2.75, 3.05) is 0 Å². The minimum Gasteiger partial charge on any atom is -0.475 e. The zero-order valence-electron chi connectivity index (χ0n) is 18.5. The van der Waals surface area contributed by atoms with Crippen molar-refractivity contribution in [2.24, 2.45) is 0 Å². The number of carboxylic acid groups (broad SMARTS) is 1. The lowest BCUT2D eigenvalue weighted by Gasteiger charge is -2.19. The van der Waals surface area contributed by atoms with Gasteiger partial charge in [0.1, 0.15) is 5.58 Å². The Bertz CT molecular complexity index is 918. The fourth-order valence-corrected chi connectivity index (χ4v) is 4.51. The fraction of sp³-hybridized carbons (Fsp3) is 0.520. The molecule has 0 unspecified atom stereocenters. The highest BCUT2D eigenvalue weighted by Gasteiger charge is 2.18. The van der Waals surface area contributed by atoms with E-state index in [4.69, 9.17) is 9.52 Å². The first-order chi connectivity index (χ1) is 15.0. The number of aliphatic hydroxyl groups is 1. The number of carbonyl (C=O) groups is 1. The molecule has 1 aromatic heterocycles. The summed E-state index contributed by atoms with van der Waals surface area (Å²) in [6, 6.07) is 6.16. The van der Waals surface area contributed by atoms with Crippen LogP contribution < -0.4 is 5.43 Å². The highest BCUT2D eigenvalue weighted by atomic mass is 32.2. The summed E-state index contributed by atoms with van der Waals surface area (Å²) >= 11 is 1.51. The summed E-state index contributed by atoms with van der Waals surface area (Å²) in [5, 5.41) is 20.1. The molecule has 0 aliphatic heterocycles. The smallest absolute Gasteiger partial charge is 0.371 e. The van der Waals surface area contributed by atoms with Crippen molar-refractivity contribution in [1.82, 2.24) is 0 Å². The van der Waals surface area contributed by atoms with Crippen molar-refractivity contribution in [3.63, 3.8) is 0 Å². The summed E-state index contributed by atoms with van der Waals surface area (Å²) in [5.41, 5.74) is -0.130. The third-order valence-electron chi connectivity index (χ3n) is 5.22. The van der Waals surface area contributed by atoms with Crippen LogP contribution in [0.3, 0.4) is 0 Å². The van der Waals surface area contributed by atoms with E-state index in [9.17, 15) is 14.7 Å². The van der Waals surface area contributed by atoms with Crippen LogP contribution in [0.25, 0.3) is 11.0 Å². The molecular formula is C25H34O5S. The van der Waals surface area contributed by atoms with Crippen molar-refractivity contribution in [1.29, 1.82) is 0 Å². The van der Waals surface area contributed by atoms with E-state index in [1.807, 2.05) is 6.07 Å². The Morgan fingerprint density at radius 2 is 1.84 bits per heavy atom. The van der Waals surface area contributed by atoms with Crippen LogP contribution in [0.1, 0.15) is 82.2 Å². The van der Waals surface area contributed by atoms with E-state index in [1.54, 1.807) is 12.1 Å². The summed E-state index contributed by atoms with van der Waals surface area (Å²) in [4.78, 5) is 24.2. The Labute approximate surface area is 188 Å². The largest absolute Gasteiger partial charge is 0.475 e. The van der Waals surface area contributed by atoms with Gasteiger partial charge in [0.05, 0.1) is 16.7 Å². The molecule has 0 fully saturated rings. The number of allylic oxidation sites excluding steroid dienone is 1. The molecule has 2 atom stereocenters. The Hall–Kier alpha value is -2.05.